The number of hydrogen-bond acceptors (Lipinski definition) is 6. The Bertz CT molecular complexity index is 888. The first-order valence-electron chi connectivity index (χ1n) is 11.5. The average Bonchev–Trinajstić information content (AvgIpc) is 3.43. The molecular weight excluding hydrogens is 426 g/mol. The molecule has 0 radical (unpaired) electrons. The molecule has 7 nitrogen and oxygen atoms in total. The van der Waals surface area contributed by atoms with Crippen molar-refractivity contribution >= 4 is 30.2 Å². The van der Waals surface area contributed by atoms with Gasteiger partial charge in [-0.25, -0.2) is 9.97 Å². The number of halogens is 1. The molecule has 1 aromatic rings. The van der Waals surface area contributed by atoms with Gasteiger partial charge in [-0.05, 0) is 39.3 Å². The molecule has 3 fully saturated rings. The van der Waals surface area contributed by atoms with Crippen LogP contribution in [-0.2, 0) is 9.59 Å². The van der Waals surface area contributed by atoms with Crippen molar-refractivity contribution in [1.82, 2.24) is 19.8 Å². The first-order chi connectivity index (χ1) is 15.1. The number of fused-ring (bicyclic) bond motifs is 5. The van der Waals surface area contributed by atoms with Gasteiger partial charge in [0.25, 0.3) is 0 Å². The van der Waals surface area contributed by atoms with Gasteiger partial charge in [-0.3, -0.25) is 19.4 Å². The molecule has 1 saturated carbocycles. The van der Waals surface area contributed by atoms with E-state index in [2.05, 4.69) is 45.8 Å². The zero-order valence-corrected chi connectivity index (χ0v) is 19.6. The molecule has 4 atom stereocenters. The number of likely N-dealkylation sites (tertiary alicyclic amines) is 1. The Morgan fingerprint density at radius 3 is 2.03 bits per heavy atom. The highest BCUT2D eigenvalue weighted by Crippen LogP contribution is 2.56. The van der Waals surface area contributed by atoms with Crippen LogP contribution in [0.25, 0.3) is 0 Å². The topological polar surface area (TPSA) is 69.6 Å². The van der Waals surface area contributed by atoms with Gasteiger partial charge in [-0.2, -0.15) is 0 Å². The van der Waals surface area contributed by atoms with Crippen molar-refractivity contribution in [2.24, 2.45) is 23.7 Å². The SMILES string of the molecule is CC(C)=C1C2C=CC1C1C(=O)N(CCCCN3CCN(c4ncccn4)CC3)C(=O)C21.Cl. The van der Waals surface area contributed by atoms with Gasteiger partial charge in [0.1, 0.15) is 0 Å². The lowest BCUT2D eigenvalue weighted by molar-refractivity contribution is -0.140. The van der Waals surface area contributed by atoms with E-state index in [0.29, 0.717) is 6.54 Å². The molecule has 5 rings (SSSR count). The van der Waals surface area contributed by atoms with Crippen LogP contribution < -0.4 is 4.90 Å². The second kappa shape index (κ2) is 9.32. The van der Waals surface area contributed by atoms with Crippen LogP contribution in [-0.4, -0.2) is 70.9 Å². The number of allylic oxidation sites excluding steroid dienone is 4. The zero-order valence-electron chi connectivity index (χ0n) is 18.8. The van der Waals surface area contributed by atoms with Crippen LogP contribution in [0.4, 0.5) is 5.95 Å². The van der Waals surface area contributed by atoms with Gasteiger partial charge >= 0.3 is 0 Å². The van der Waals surface area contributed by atoms with Crippen molar-refractivity contribution in [1.29, 1.82) is 0 Å². The van der Waals surface area contributed by atoms with Crippen LogP contribution in [0.2, 0.25) is 0 Å². The smallest absolute Gasteiger partial charge is 0.234 e. The van der Waals surface area contributed by atoms with E-state index < -0.39 is 0 Å². The Morgan fingerprint density at radius 2 is 1.47 bits per heavy atom. The summed E-state index contributed by atoms with van der Waals surface area (Å²) < 4.78 is 0. The summed E-state index contributed by atoms with van der Waals surface area (Å²) in [6, 6.07) is 1.84. The Morgan fingerprint density at radius 1 is 0.906 bits per heavy atom. The maximum atomic E-state index is 13.0. The monoisotopic (exact) mass is 457 g/mol. The summed E-state index contributed by atoms with van der Waals surface area (Å²) in [6.45, 7) is 9.60. The van der Waals surface area contributed by atoms with Crippen molar-refractivity contribution in [3.05, 3.63) is 41.8 Å². The number of carbonyl (C=O) groups is 2. The first-order valence-corrected chi connectivity index (χ1v) is 11.5. The number of hydrogen-bond donors (Lipinski definition) is 0. The molecule has 172 valence electrons. The van der Waals surface area contributed by atoms with Crippen molar-refractivity contribution in [3.63, 3.8) is 0 Å². The summed E-state index contributed by atoms with van der Waals surface area (Å²) >= 11 is 0. The van der Waals surface area contributed by atoms with Crippen LogP contribution in [0.1, 0.15) is 26.7 Å². The van der Waals surface area contributed by atoms with Crippen molar-refractivity contribution in [2.45, 2.75) is 26.7 Å². The number of nitrogens with zero attached hydrogens (tertiary/aromatic N) is 5. The summed E-state index contributed by atoms with van der Waals surface area (Å²) in [4.78, 5) is 41.0. The lowest BCUT2D eigenvalue weighted by atomic mass is 9.85. The van der Waals surface area contributed by atoms with Gasteiger partial charge in [-0.1, -0.05) is 23.3 Å². The number of piperazine rings is 1. The molecule has 2 bridgehead atoms. The van der Waals surface area contributed by atoms with E-state index in [1.54, 1.807) is 17.3 Å². The van der Waals surface area contributed by atoms with Crippen LogP contribution in [0.5, 0.6) is 0 Å². The largest absolute Gasteiger partial charge is 0.338 e. The standard InChI is InChI=1S/C24H31N5O2.ClH/c1-16(2)19-17-6-7-18(19)21-20(17)22(30)29(23(21)31)11-4-3-10-27-12-14-28(15-13-27)24-25-8-5-9-26-24;/h5-9,17-18,20-21H,3-4,10-15H2,1-2H3;1H. The second-order valence-electron chi connectivity index (χ2n) is 9.36. The summed E-state index contributed by atoms with van der Waals surface area (Å²) in [5.74, 6) is 0.904. The summed E-state index contributed by atoms with van der Waals surface area (Å²) in [7, 11) is 0. The molecule has 0 N–H and O–H groups in total. The summed E-state index contributed by atoms with van der Waals surface area (Å²) in [5, 5.41) is 0. The van der Waals surface area contributed by atoms with Gasteiger partial charge in [0, 0.05) is 57.0 Å². The quantitative estimate of drug-likeness (QED) is 0.371. The highest BCUT2D eigenvalue weighted by molar-refractivity contribution is 6.07. The molecule has 0 aromatic carbocycles. The third-order valence-electron chi connectivity index (χ3n) is 7.40. The Kier molecular flexibility index (Phi) is 6.67. The maximum Gasteiger partial charge on any atom is 0.234 e. The van der Waals surface area contributed by atoms with Crippen LogP contribution in [0.3, 0.4) is 0 Å². The number of aromatic nitrogens is 2. The highest BCUT2D eigenvalue weighted by Gasteiger charge is 2.61. The fraction of sp³-hybridized carbons (Fsp3) is 0.583. The minimum Gasteiger partial charge on any atom is -0.338 e. The predicted octanol–water partition coefficient (Wildman–Crippen LogP) is 2.55. The molecule has 0 spiro atoms. The molecule has 32 heavy (non-hydrogen) atoms. The average molecular weight is 458 g/mol. The third kappa shape index (κ3) is 3.86. The number of rotatable bonds is 6. The second-order valence-corrected chi connectivity index (χ2v) is 9.36. The van der Waals surface area contributed by atoms with Crippen LogP contribution >= 0.6 is 12.4 Å². The van der Waals surface area contributed by atoms with Crippen molar-refractivity contribution in [3.8, 4) is 0 Å². The normalized spacial score (nSPS) is 29.0. The highest BCUT2D eigenvalue weighted by atomic mass is 35.5. The van der Waals surface area contributed by atoms with E-state index in [1.807, 2.05) is 6.07 Å². The first kappa shape index (κ1) is 22.9. The fourth-order valence-corrected chi connectivity index (χ4v) is 5.94. The third-order valence-corrected chi connectivity index (χ3v) is 7.40. The lowest BCUT2D eigenvalue weighted by Crippen LogP contribution is -2.47. The van der Waals surface area contributed by atoms with E-state index in [9.17, 15) is 9.59 Å². The summed E-state index contributed by atoms with van der Waals surface area (Å²) in [6.07, 6.45) is 9.75. The van der Waals surface area contributed by atoms with Gasteiger partial charge in [0.05, 0.1) is 11.8 Å². The van der Waals surface area contributed by atoms with Crippen LogP contribution in [0, 0.1) is 23.7 Å². The van der Waals surface area contributed by atoms with E-state index in [0.717, 1.165) is 51.5 Å². The number of amides is 2. The lowest BCUT2D eigenvalue weighted by Gasteiger charge is -2.34. The molecule has 3 heterocycles. The molecule has 8 heteroatoms. The number of unbranched alkanes of at least 4 members (excludes halogenated alkanes) is 1. The molecule has 2 aliphatic carbocycles. The van der Waals surface area contributed by atoms with Crippen LogP contribution in [0.15, 0.2) is 41.8 Å². The Hall–Kier alpha value is -2.25. The molecule has 4 unspecified atom stereocenters. The van der Waals surface area contributed by atoms with Crippen molar-refractivity contribution in [2.75, 3.05) is 44.2 Å². The molecule has 1 aromatic heterocycles. The maximum absolute atomic E-state index is 13.0. The predicted molar refractivity (Wildman–Crippen MR) is 125 cm³/mol. The fourth-order valence-electron chi connectivity index (χ4n) is 5.94. The molecule has 2 saturated heterocycles. The molecule has 2 aliphatic heterocycles. The number of anilines is 1. The van der Waals surface area contributed by atoms with E-state index in [-0.39, 0.29) is 47.9 Å². The molecular formula is C24H32ClN5O2. The van der Waals surface area contributed by atoms with E-state index in [1.165, 1.54) is 11.1 Å². The molecule has 4 aliphatic rings. The van der Waals surface area contributed by atoms with Gasteiger partial charge in [0.15, 0.2) is 0 Å². The number of imide groups is 1. The Labute approximate surface area is 196 Å². The van der Waals surface area contributed by atoms with Gasteiger partial charge < -0.3 is 4.90 Å². The molecule has 2 amide bonds. The van der Waals surface area contributed by atoms with E-state index >= 15 is 0 Å². The Balaban J connectivity index is 0.00000245. The minimum atomic E-state index is -0.152. The number of carbonyl (C=O) groups excluding carboxylic acids is 2. The van der Waals surface area contributed by atoms with Crippen molar-refractivity contribution < 1.29 is 9.59 Å². The van der Waals surface area contributed by atoms with E-state index in [4.69, 9.17) is 0 Å². The zero-order chi connectivity index (χ0) is 21.5. The van der Waals surface area contributed by atoms with Gasteiger partial charge in [-0.15, -0.1) is 12.4 Å². The van der Waals surface area contributed by atoms with Gasteiger partial charge in [0.2, 0.25) is 17.8 Å². The minimum absolute atomic E-state index is 0. The summed E-state index contributed by atoms with van der Waals surface area (Å²) in [5.41, 5.74) is 2.58.